The molecule has 1 fully saturated rings. The average Bonchev–Trinajstić information content (AvgIpc) is 3.22. The van der Waals surface area contributed by atoms with Gasteiger partial charge in [0.25, 0.3) is 0 Å². The van der Waals surface area contributed by atoms with Gasteiger partial charge in [-0.05, 0) is 25.2 Å². The van der Waals surface area contributed by atoms with Gasteiger partial charge in [-0.25, -0.2) is 4.57 Å². The smallest absolute Gasteiger partial charge is 0.457 e. The number of hydrogen-bond acceptors (Lipinski definition) is 9. The Bertz CT molecular complexity index is 1110. The summed E-state index contributed by atoms with van der Waals surface area (Å²) in [6, 6.07) is -1.47. The first-order valence-corrected chi connectivity index (χ1v) is 27.3. The first-order valence-electron chi connectivity index (χ1n) is 25.8. The summed E-state index contributed by atoms with van der Waals surface area (Å²) in [7, 11) is -5.21. The number of phosphoric ester groups is 1. The third-order valence-corrected chi connectivity index (χ3v) is 13.2. The third-order valence-electron chi connectivity index (χ3n) is 12.6. The highest BCUT2D eigenvalue weighted by Gasteiger charge is 2.51. The highest BCUT2D eigenvalue weighted by Crippen LogP contribution is 2.42. The van der Waals surface area contributed by atoms with E-state index in [0.717, 1.165) is 77.0 Å². The lowest BCUT2D eigenvalue weighted by Gasteiger charge is -2.43. The summed E-state index contributed by atoms with van der Waals surface area (Å²) in [6.45, 7) is 5.88. The van der Waals surface area contributed by atoms with E-state index < -0.39 is 63.1 Å². The van der Waals surface area contributed by atoms with E-state index >= 15 is 0 Å². The fraction of sp³-hybridized carbons (Fsp3) is 0.959. The maximum atomic E-state index is 13.8. The molecule has 0 bridgehead atoms. The highest BCUT2D eigenvalue weighted by atomic mass is 31.2. The van der Waals surface area contributed by atoms with Gasteiger partial charge in [-0.3, -0.25) is 14.1 Å². The maximum absolute atomic E-state index is 13.8. The largest absolute Gasteiger partial charge is 0.470 e. The van der Waals surface area contributed by atoms with E-state index in [-0.39, 0.29) is 18.8 Å². The van der Waals surface area contributed by atoms with Crippen molar-refractivity contribution in [3.8, 4) is 0 Å². The van der Waals surface area contributed by atoms with Crippen molar-refractivity contribution < 1.29 is 53.3 Å². The molecule has 62 heavy (non-hydrogen) atoms. The molecule has 0 saturated carbocycles. The SMILES string of the molecule is CCCCCCCCCCCCCCC(CCCCCCCCCCCC)CC(=O)O[C@H]1[C@H](OP(=O)(O)O)[C@@H](CO)OC(O)[C@@H]1NC(=O)CC(O)CCCCCCCCCCC. The molecule has 3 unspecified atom stereocenters. The second-order valence-corrected chi connectivity index (χ2v) is 19.7. The van der Waals surface area contributed by atoms with Crippen LogP contribution in [0.4, 0.5) is 0 Å². The van der Waals surface area contributed by atoms with Crippen LogP contribution in [0.1, 0.15) is 252 Å². The van der Waals surface area contributed by atoms with Gasteiger partial charge in [0.1, 0.15) is 18.2 Å². The predicted octanol–water partition coefficient (Wildman–Crippen LogP) is 11.7. The van der Waals surface area contributed by atoms with Crippen LogP contribution in [0.2, 0.25) is 0 Å². The molecule has 13 heteroatoms. The van der Waals surface area contributed by atoms with Crippen LogP contribution in [0, 0.1) is 5.92 Å². The summed E-state index contributed by atoms with van der Waals surface area (Å²) in [5.41, 5.74) is 0. The van der Waals surface area contributed by atoms with Gasteiger partial charge in [0.15, 0.2) is 12.4 Å². The van der Waals surface area contributed by atoms with Gasteiger partial charge in [0, 0.05) is 6.42 Å². The van der Waals surface area contributed by atoms with Crippen LogP contribution in [-0.2, 0) is 28.2 Å². The zero-order valence-electron chi connectivity index (χ0n) is 39.8. The summed E-state index contributed by atoms with van der Waals surface area (Å²) in [5.74, 6) is -1.26. The maximum Gasteiger partial charge on any atom is 0.470 e. The Hall–Kier alpha value is -1.11. The van der Waals surface area contributed by atoms with Crippen LogP contribution in [0.25, 0.3) is 0 Å². The molecule has 7 atom stereocenters. The number of esters is 1. The zero-order chi connectivity index (χ0) is 45.7. The Kier molecular flexibility index (Phi) is 37.1. The second-order valence-electron chi connectivity index (χ2n) is 18.5. The molecular weight excluding hydrogens is 810 g/mol. The van der Waals surface area contributed by atoms with E-state index in [1.54, 1.807) is 0 Å². The van der Waals surface area contributed by atoms with Crippen LogP contribution >= 0.6 is 7.82 Å². The van der Waals surface area contributed by atoms with Crippen LogP contribution in [0.15, 0.2) is 0 Å². The molecule has 368 valence electrons. The predicted molar refractivity (Wildman–Crippen MR) is 249 cm³/mol. The lowest BCUT2D eigenvalue weighted by Crippen LogP contribution is -2.65. The normalized spacial score (nSPS) is 20.3. The van der Waals surface area contributed by atoms with Crippen LogP contribution in [0.3, 0.4) is 0 Å². The van der Waals surface area contributed by atoms with Crippen LogP contribution in [0.5, 0.6) is 0 Å². The number of phosphoric acid groups is 1. The molecule has 1 heterocycles. The van der Waals surface area contributed by atoms with Crippen LogP contribution < -0.4 is 5.32 Å². The third kappa shape index (κ3) is 31.7. The van der Waals surface area contributed by atoms with Gasteiger partial charge in [-0.1, -0.05) is 220 Å². The average molecular weight is 906 g/mol. The van der Waals surface area contributed by atoms with Gasteiger partial charge in [-0.15, -0.1) is 0 Å². The molecule has 0 radical (unpaired) electrons. The molecule has 1 saturated heterocycles. The zero-order valence-corrected chi connectivity index (χ0v) is 40.7. The number of aliphatic hydroxyl groups is 3. The van der Waals surface area contributed by atoms with Crippen molar-refractivity contribution in [2.75, 3.05) is 6.61 Å². The highest BCUT2D eigenvalue weighted by molar-refractivity contribution is 7.46. The van der Waals surface area contributed by atoms with E-state index in [2.05, 4.69) is 26.1 Å². The number of aliphatic hydroxyl groups excluding tert-OH is 3. The van der Waals surface area contributed by atoms with Crippen molar-refractivity contribution in [2.45, 2.75) is 289 Å². The van der Waals surface area contributed by atoms with Gasteiger partial charge in [0.2, 0.25) is 5.91 Å². The Balaban J connectivity index is 2.89. The standard InChI is InChI=1S/C49H96NO11P/c1-4-7-10-13-16-19-21-22-25-27-30-33-36-41(35-32-29-26-24-20-17-14-11-8-5-2)38-45(54)60-48-46(49(55)59-43(40-51)47(48)61-62(56,57)58)50-44(53)39-42(52)37-34-31-28-23-18-15-12-9-6-3/h41-43,46-49,51-52,55H,4-40H2,1-3H3,(H,50,53)(H2,56,57,58)/t41?,42?,43-,46-,47-,48-,49?/m1/s1. The fourth-order valence-corrected chi connectivity index (χ4v) is 9.45. The first-order chi connectivity index (χ1) is 29.9. The van der Waals surface area contributed by atoms with Gasteiger partial charge in [-0.2, -0.15) is 0 Å². The van der Waals surface area contributed by atoms with Gasteiger partial charge < -0.3 is 39.9 Å². The molecule has 1 aliphatic rings. The Morgan fingerprint density at radius 2 is 0.952 bits per heavy atom. The van der Waals surface area contributed by atoms with E-state index in [1.165, 1.54) is 135 Å². The van der Waals surface area contributed by atoms with Crippen molar-refractivity contribution in [3.05, 3.63) is 0 Å². The number of rotatable bonds is 43. The molecule has 0 aromatic carbocycles. The lowest BCUT2D eigenvalue weighted by atomic mass is 9.91. The molecule has 12 nitrogen and oxygen atoms in total. The number of nitrogens with one attached hydrogen (secondary N) is 1. The van der Waals surface area contributed by atoms with E-state index in [0.29, 0.717) is 6.42 Å². The molecule has 0 aromatic rings. The summed E-state index contributed by atoms with van der Waals surface area (Å²) < 4.78 is 28.5. The minimum atomic E-state index is -5.21. The van der Waals surface area contributed by atoms with Crippen LogP contribution in [-0.4, -0.2) is 80.3 Å². The van der Waals surface area contributed by atoms with E-state index in [1.807, 2.05) is 0 Å². The lowest BCUT2D eigenvalue weighted by molar-refractivity contribution is -0.256. The fourth-order valence-electron chi connectivity index (χ4n) is 8.88. The van der Waals surface area contributed by atoms with Crippen molar-refractivity contribution in [2.24, 2.45) is 5.92 Å². The molecule has 6 N–H and O–H groups in total. The minimum Gasteiger partial charge on any atom is -0.457 e. The summed E-state index contributed by atoms with van der Waals surface area (Å²) in [6.07, 6.45) is 31.5. The number of hydrogen-bond donors (Lipinski definition) is 6. The van der Waals surface area contributed by atoms with Gasteiger partial charge >= 0.3 is 13.8 Å². The summed E-state index contributed by atoms with van der Waals surface area (Å²) in [5, 5.41) is 34.3. The Morgan fingerprint density at radius 3 is 1.32 bits per heavy atom. The molecule has 1 amide bonds. The quantitative estimate of drug-likeness (QED) is 0.0194. The van der Waals surface area contributed by atoms with Crippen molar-refractivity contribution >= 4 is 19.7 Å². The molecule has 1 rings (SSSR count). The number of ether oxygens (including phenoxy) is 2. The van der Waals surface area contributed by atoms with E-state index in [9.17, 15) is 39.3 Å². The molecule has 1 aliphatic heterocycles. The first kappa shape index (κ1) is 58.9. The Morgan fingerprint density at radius 1 is 0.581 bits per heavy atom. The number of unbranched alkanes of at least 4 members (excludes halogenated alkanes) is 28. The van der Waals surface area contributed by atoms with Gasteiger partial charge in [0.05, 0.1) is 19.1 Å². The molecule has 0 spiro atoms. The molecule has 0 aliphatic carbocycles. The van der Waals surface area contributed by atoms with E-state index in [4.69, 9.17) is 14.0 Å². The second kappa shape index (κ2) is 39.1. The Labute approximate surface area is 378 Å². The molecule has 0 aromatic heterocycles. The summed E-state index contributed by atoms with van der Waals surface area (Å²) in [4.78, 5) is 46.6. The minimum absolute atomic E-state index is 0.0310. The number of amides is 1. The monoisotopic (exact) mass is 906 g/mol. The topological polar surface area (TPSA) is 192 Å². The van der Waals surface area contributed by atoms with Crippen molar-refractivity contribution in [1.82, 2.24) is 5.32 Å². The van der Waals surface area contributed by atoms with Crippen molar-refractivity contribution in [1.29, 1.82) is 0 Å². The summed E-state index contributed by atoms with van der Waals surface area (Å²) >= 11 is 0. The number of carbonyl (C=O) groups is 2. The molecular formula is C49H96NO11P. The number of carbonyl (C=O) groups excluding carboxylic acids is 2. The van der Waals surface area contributed by atoms with Crippen molar-refractivity contribution in [3.63, 3.8) is 0 Å².